The van der Waals surface area contributed by atoms with Crippen molar-refractivity contribution in [1.82, 2.24) is 15.1 Å². The maximum Gasteiger partial charge on any atom is 0.435 e. The number of hydrogen-bond donors (Lipinski definition) is 2. The van der Waals surface area contributed by atoms with Crippen molar-refractivity contribution in [1.29, 1.82) is 0 Å². The van der Waals surface area contributed by atoms with E-state index in [1.807, 2.05) is 6.92 Å². The molecule has 2 rings (SSSR count). The number of aromatic amines is 1. The van der Waals surface area contributed by atoms with Gasteiger partial charge < -0.3 is 5.73 Å². The summed E-state index contributed by atoms with van der Waals surface area (Å²) in [5.74, 6) is 0. The maximum atomic E-state index is 12.5. The highest BCUT2D eigenvalue weighted by Crippen LogP contribution is 2.28. The number of likely N-dealkylation sites (tertiary alicyclic amines) is 1. The van der Waals surface area contributed by atoms with Crippen molar-refractivity contribution < 1.29 is 13.2 Å². The third kappa shape index (κ3) is 4.10. The number of nitrogens with two attached hydrogens (primary N) is 1. The molecule has 8 heteroatoms. The number of nitrogens with one attached hydrogen (secondary N) is 1. The summed E-state index contributed by atoms with van der Waals surface area (Å²) in [6, 6.07) is 1.32. The van der Waals surface area contributed by atoms with E-state index >= 15 is 0 Å². The summed E-state index contributed by atoms with van der Waals surface area (Å²) in [6.07, 6.45) is -1.21. The Labute approximate surface area is 122 Å². The predicted octanol–water partition coefficient (Wildman–Crippen LogP) is 2.55. The van der Waals surface area contributed by atoms with Gasteiger partial charge in [-0.05, 0) is 32.4 Å². The zero-order valence-electron chi connectivity index (χ0n) is 11.3. The summed E-state index contributed by atoms with van der Waals surface area (Å²) in [5, 5.41) is 5.78. The molecule has 4 nitrogen and oxygen atoms in total. The summed E-state index contributed by atoms with van der Waals surface area (Å²) in [7, 11) is 0. The van der Waals surface area contributed by atoms with Gasteiger partial charge in [0.05, 0.1) is 0 Å². The van der Waals surface area contributed by atoms with Gasteiger partial charge in [-0.3, -0.25) is 10.00 Å². The maximum absolute atomic E-state index is 12.5. The van der Waals surface area contributed by atoms with Crippen molar-refractivity contribution in [3.05, 3.63) is 17.5 Å². The second-order valence-electron chi connectivity index (χ2n) is 5.17. The van der Waals surface area contributed by atoms with E-state index in [-0.39, 0.29) is 24.5 Å². The third-order valence-electron chi connectivity index (χ3n) is 3.57. The number of hydrogen-bond acceptors (Lipinski definition) is 3. The van der Waals surface area contributed by atoms with Crippen molar-refractivity contribution in [2.75, 3.05) is 6.54 Å². The van der Waals surface area contributed by atoms with Gasteiger partial charge in [0.2, 0.25) is 0 Å². The molecule has 2 atom stereocenters. The molecule has 0 aromatic carbocycles. The molecule has 1 fully saturated rings. The fraction of sp³-hybridized carbons (Fsp3) is 0.750. The number of H-pyrrole nitrogens is 1. The number of rotatable bonds is 3. The SMILES string of the molecule is CC(N)C1CCCCN1Cc1cc(C(F)(F)F)n[nH]1.Cl. The molecule has 0 bridgehead atoms. The lowest BCUT2D eigenvalue weighted by molar-refractivity contribution is -0.141. The summed E-state index contributed by atoms with van der Waals surface area (Å²) in [4.78, 5) is 2.14. The number of piperidine rings is 1. The van der Waals surface area contributed by atoms with Gasteiger partial charge in [-0.1, -0.05) is 6.42 Å². The number of halogens is 4. The standard InChI is InChI=1S/C12H19F3N4.ClH/c1-8(16)10-4-2-3-5-19(10)7-9-6-11(18-17-9)12(13,14)15;/h6,8,10H,2-5,7,16H2,1H3,(H,17,18);1H. The molecule has 2 unspecified atom stereocenters. The molecule has 20 heavy (non-hydrogen) atoms. The second kappa shape index (κ2) is 6.78. The number of alkyl halides is 3. The van der Waals surface area contributed by atoms with Gasteiger partial charge in [-0.2, -0.15) is 18.3 Å². The van der Waals surface area contributed by atoms with Crippen LogP contribution >= 0.6 is 12.4 Å². The lowest BCUT2D eigenvalue weighted by Crippen LogP contribution is -2.48. The number of aromatic nitrogens is 2. The first-order valence-corrected chi connectivity index (χ1v) is 6.49. The minimum absolute atomic E-state index is 0. The molecular formula is C12H20ClF3N4. The van der Waals surface area contributed by atoms with Crippen molar-refractivity contribution >= 4 is 12.4 Å². The van der Waals surface area contributed by atoms with Crippen molar-refractivity contribution in [2.45, 2.75) is 51.0 Å². The molecular weight excluding hydrogens is 293 g/mol. The van der Waals surface area contributed by atoms with Gasteiger partial charge in [-0.15, -0.1) is 12.4 Å². The Balaban J connectivity index is 0.00000200. The van der Waals surface area contributed by atoms with Crippen LogP contribution in [0.2, 0.25) is 0 Å². The van der Waals surface area contributed by atoms with Crippen LogP contribution in [-0.4, -0.2) is 33.7 Å². The van der Waals surface area contributed by atoms with Crippen LogP contribution in [0, 0.1) is 0 Å². The molecule has 116 valence electrons. The summed E-state index contributed by atoms with van der Waals surface area (Å²) < 4.78 is 37.4. The Morgan fingerprint density at radius 1 is 1.50 bits per heavy atom. The zero-order valence-corrected chi connectivity index (χ0v) is 12.1. The first kappa shape index (κ1) is 17.3. The van der Waals surface area contributed by atoms with E-state index in [1.165, 1.54) is 0 Å². The first-order chi connectivity index (χ1) is 8.88. The first-order valence-electron chi connectivity index (χ1n) is 6.49. The third-order valence-corrected chi connectivity index (χ3v) is 3.57. The van der Waals surface area contributed by atoms with E-state index in [0.717, 1.165) is 31.9 Å². The molecule has 0 saturated carbocycles. The normalized spacial score (nSPS) is 22.4. The minimum Gasteiger partial charge on any atom is -0.327 e. The van der Waals surface area contributed by atoms with Crippen LogP contribution in [-0.2, 0) is 12.7 Å². The Morgan fingerprint density at radius 2 is 2.20 bits per heavy atom. The lowest BCUT2D eigenvalue weighted by atomic mass is 9.97. The summed E-state index contributed by atoms with van der Waals surface area (Å²) in [6.45, 7) is 3.25. The van der Waals surface area contributed by atoms with E-state index in [2.05, 4.69) is 15.1 Å². The topological polar surface area (TPSA) is 57.9 Å². The van der Waals surface area contributed by atoms with Gasteiger partial charge in [0.1, 0.15) is 0 Å². The van der Waals surface area contributed by atoms with E-state index < -0.39 is 11.9 Å². The monoisotopic (exact) mass is 312 g/mol. The fourth-order valence-electron chi connectivity index (χ4n) is 2.62. The van der Waals surface area contributed by atoms with Crippen LogP contribution in [0.15, 0.2) is 6.07 Å². The van der Waals surface area contributed by atoms with Gasteiger partial charge in [-0.25, -0.2) is 0 Å². The van der Waals surface area contributed by atoms with Crippen LogP contribution < -0.4 is 5.73 Å². The van der Waals surface area contributed by atoms with Crippen molar-refractivity contribution in [3.63, 3.8) is 0 Å². The van der Waals surface area contributed by atoms with Crippen molar-refractivity contribution in [3.8, 4) is 0 Å². The minimum atomic E-state index is -4.39. The van der Waals surface area contributed by atoms with Crippen LogP contribution in [0.1, 0.15) is 37.6 Å². The molecule has 0 spiro atoms. The van der Waals surface area contributed by atoms with Crippen LogP contribution in [0.5, 0.6) is 0 Å². The van der Waals surface area contributed by atoms with Crippen LogP contribution in [0.25, 0.3) is 0 Å². The van der Waals surface area contributed by atoms with E-state index in [9.17, 15) is 13.2 Å². The van der Waals surface area contributed by atoms with E-state index in [0.29, 0.717) is 12.2 Å². The molecule has 0 aliphatic carbocycles. The van der Waals surface area contributed by atoms with E-state index in [4.69, 9.17) is 5.73 Å². The molecule has 3 N–H and O–H groups in total. The molecule has 0 radical (unpaired) electrons. The Kier molecular flexibility index (Phi) is 5.85. The Morgan fingerprint density at radius 3 is 2.75 bits per heavy atom. The van der Waals surface area contributed by atoms with Gasteiger partial charge >= 0.3 is 6.18 Å². The van der Waals surface area contributed by atoms with Crippen LogP contribution in [0.3, 0.4) is 0 Å². The molecule has 1 aliphatic rings. The smallest absolute Gasteiger partial charge is 0.327 e. The predicted molar refractivity (Wildman–Crippen MR) is 72.5 cm³/mol. The lowest BCUT2D eigenvalue weighted by Gasteiger charge is -2.37. The second-order valence-corrected chi connectivity index (χ2v) is 5.17. The summed E-state index contributed by atoms with van der Waals surface area (Å²) >= 11 is 0. The highest BCUT2D eigenvalue weighted by Gasteiger charge is 2.34. The van der Waals surface area contributed by atoms with E-state index in [1.54, 1.807) is 0 Å². The van der Waals surface area contributed by atoms with Gasteiger partial charge in [0, 0.05) is 24.3 Å². The molecule has 1 aromatic rings. The molecule has 0 amide bonds. The zero-order chi connectivity index (χ0) is 14.0. The Bertz CT molecular complexity index is 419. The average Bonchev–Trinajstić information content (AvgIpc) is 2.77. The van der Waals surface area contributed by atoms with Crippen LogP contribution in [0.4, 0.5) is 13.2 Å². The fourth-order valence-corrected chi connectivity index (χ4v) is 2.62. The highest BCUT2D eigenvalue weighted by atomic mass is 35.5. The molecule has 1 saturated heterocycles. The molecule has 2 heterocycles. The Hall–Kier alpha value is -0.790. The van der Waals surface area contributed by atoms with Gasteiger partial charge in [0.15, 0.2) is 5.69 Å². The largest absolute Gasteiger partial charge is 0.435 e. The molecule has 1 aliphatic heterocycles. The molecule has 1 aromatic heterocycles. The number of nitrogens with zero attached hydrogens (tertiary/aromatic N) is 2. The average molecular weight is 313 g/mol. The van der Waals surface area contributed by atoms with Gasteiger partial charge in [0.25, 0.3) is 0 Å². The summed E-state index contributed by atoms with van der Waals surface area (Å²) in [5.41, 5.74) is 5.56. The quantitative estimate of drug-likeness (QED) is 0.902. The van der Waals surface area contributed by atoms with Crippen molar-refractivity contribution in [2.24, 2.45) is 5.73 Å². The highest BCUT2D eigenvalue weighted by molar-refractivity contribution is 5.85.